The highest BCUT2D eigenvalue weighted by Gasteiger charge is 2.17. The molecular weight excluding hydrogens is 360 g/mol. The Morgan fingerprint density at radius 2 is 2.00 bits per heavy atom. The minimum Gasteiger partial charge on any atom is -0.493 e. The molecular formula is C18H21F2N3O4. The topological polar surface area (TPSA) is 73.7 Å². The molecule has 1 amide bonds. The molecule has 0 unspecified atom stereocenters. The summed E-state index contributed by atoms with van der Waals surface area (Å²) in [6.45, 7) is -0.437. The van der Waals surface area contributed by atoms with Gasteiger partial charge in [-0.05, 0) is 30.2 Å². The van der Waals surface area contributed by atoms with Gasteiger partial charge in [0.05, 0.1) is 7.11 Å². The second kappa shape index (κ2) is 9.11. The van der Waals surface area contributed by atoms with Crippen molar-refractivity contribution in [2.45, 2.75) is 33.0 Å². The second-order valence-corrected chi connectivity index (χ2v) is 5.80. The van der Waals surface area contributed by atoms with Gasteiger partial charge in [-0.3, -0.25) is 9.59 Å². The molecule has 1 heterocycles. The summed E-state index contributed by atoms with van der Waals surface area (Å²) in [7, 11) is 2.92. The van der Waals surface area contributed by atoms with Crippen LogP contribution in [-0.4, -0.2) is 41.4 Å². The minimum atomic E-state index is -2.96. The van der Waals surface area contributed by atoms with Gasteiger partial charge in [0, 0.05) is 26.2 Å². The first kappa shape index (κ1) is 20.3. The fourth-order valence-corrected chi connectivity index (χ4v) is 2.48. The molecule has 0 spiro atoms. The lowest BCUT2D eigenvalue weighted by Gasteiger charge is -2.18. The third-order valence-electron chi connectivity index (χ3n) is 3.73. The molecule has 2 aromatic rings. The highest BCUT2D eigenvalue weighted by molar-refractivity contribution is 5.91. The number of hydrogen-bond acceptors (Lipinski definition) is 5. The number of benzene rings is 1. The lowest BCUT2D eigenvalue weighted by atomic mass is 10.2. The Balaban J connectivity index is 2.16. The SMILES string of the molecule is CCCn1nc(C(=O)N(C)Cc2ccc(OC(F)F)c(OC)c2)ccc1=O. The van der Waals surface area contributed by atoms with Gasteiger partial charge in [0.25, 0.3) is 11.5 Å². The first-order chi connectivity index (χ1) is 12.8. The van der Waals surface area contributed by atoms with Crippen LogP contribution in [0, 0.1) is 0 Å². The average Bonchev–Trinajstić information content (AvgIpc) is 2.63. The van der Waals surface area contributed by atoms with Crippen molar-refractivity contribution in [1.29, 1.82) is 0 Å². The lowest BCUT2D eigenvalue weighted by molar-refractivity contribution is -0.0512. The van der Waals surface area contributed by atoms with Crippen molar-refractivity contribution in [3.63, 3.8) is 0 Å². The van der Waals surface area contributed by atoms with E-state index in [1.54, 1.807) is 13.1 Å². The average molecular weight is 381 g/mol. The molecule has 9 heteroatoms. The van der Waals surface area contributed by atoms with Gasteiger partial charge in [-0.15, -0.1) is 0 Å². The van der Waals surface area contributed by atoms with E-state index < -0.39 is 6.61 Å². The Labute approximate surface area is 155 Å². The van der Waals surface area contributed by atoms with Crippen LogP contribution in [-0.2, 0) is 13.1 Å². The molecule has 0 saturated heterocycles. The second-order valence-electron chi connectivity index (χ2n) is 5.80. The summed E-state index contributed by atoms with van der Waals surface area (Å²) in [6, 6.07) is 7.14. The van der Waals surface area contributed by atoms with Crippen LogP contribution in [0.5, 0.6) is 11.5 Å². The number of ether oxygens (including phenoxy) is 2. The van der Waals surface area contributed by atoms with Crippen molar-refractivity contribution in [2.75, 3.05) is 14.2 Å². The largest absolute Gasteiger partial charge is 0.493 e. The van der Waals surface area contributed by atoms with Gasteiger partial charge in [0.1, 0.15) is 5.69 Å². The van der Waals surface area contributed by atoms with Crippen LogP contribution in [0.1, 0.15) is 29.4 Å². The third kappa shape index (κ3) is 5.25. The Morgan fingerprint density at radius 3 is 2.63 bits per heavy atom. The molecule has 1 aromatic heterocycles. The van der Waals surface area contributed by atoms with Gasteiger partial charge in [0.2, 0.25) is 0 Å². The van der Waals surface area contributed by atoms with E-state index in [2.05, 4.69) is 9.84 Å². The van der Waals surface area contributed by atoms with E-state index in [9.17, 15) is 18.4 Å². The van der Waals surface area contributed by atoms with E-state index in [1.807, 2.05) is 6.92 Å². The van der Waals surface area contributed by atoms with Crippen molar-refractivity contribution >= 4 is 5.91 Å². The van der Waals surface area contributed by atoms with Crippen LogP contribution in [0.15, 0.2) is 35.1 Å². The van der Waals surface area contributed by atoms with E-state index in [1.165, 1.54) is 41.0 Å². The summed E-state index contributed by atoms with van der Waals surface area (Å²) >= 11 is 0. The van der Waals surface area contributed by atoms with Crippen molar-refractivity contribution in [3.8, 4) is 11.5 Å². The molecule has 0 aliphatic carbocycles. The summed E-state index contributed by atoms with van der Waals surface area (Å²) in [4.78, 5) is 25.7. The maximum Gasteiger partial charge on any atom is 0.387 e. The number of methoxy groups -OCH3 is 1. The fraction of sp³-hybridized carbons (Fsp3) is 0.389. The number of rotatable bonds is 8. The highest BCUT2D eigenvalue weighted by Crippen LogP contribution is 2.29. The van der Waals surface area contributed by atoms with Crippen LogP contribution in [0.25, 0.3) is 0 Å². The lowest BCUT2D eigenvalue weighted by Crippen LogP contribution is -2.31. The highest BCUT2D eigenvalue weighted by atomic mass is 19.3. The molecule has 0 N–H and O–H groups in total. The predicted octanol–water partition coefficient (Wildman–Crippen LogP) is 2.54. The molecule has 27 heavy (non-hydrogen) atoms. The normalized spacial score (nSPS) is 10.7. The Bertz CT molecular complexity index is 855. The van der Waals surface area contributed by atoms with Crippen molar-refractivity contribution < 1.29 is 23.0 Å². The van der Waals surface area contributed by atoms with Gasteiger partial charge in [-0.2, -0.15) is 13.9 Å². The van der Waals surface area contributed by atoms with Crippen molar-refractivity contribution in [1.82, 2.24) is 14.7 Å². The maximum absolute atomic E-state index is 12.6. The summed E-state index contributed by atoms with van der Waals surface area (Å²) < 4.78 is 35.5. The molecule has 2 rings (SSSR count). The smallest absolute Gasteiger partial charge is 0.387 e. The third-order valence-corrected chi connectivity index (χ3v) is 3.73. The number of carbonyl (C=O) groups is 1. The number of amides is 1. The van der Waals surface area contributed by atoms with Crippen molar-refractivity contribution in [2.24, 2.45) is 0 Å². The van der Waals surface area contributed by atoms with E-state index >= 15 is 0 Å². The number of aromatic nitrogens is 2. The van der Waals surface area contributed by atoms with Crippen LogP contribution >= 0.6 is 0 Å². The summed E-state index contributed by atoms with van der Waals surface area (Å²) in [5.74, 6) is -0.312. The number of aryl methyl sites for hydroxylation is 1. The van der Waals surface area contributed by atoms with Gasteiger partial charge < -0.3 is 14.4 Å². The molecule has 0 atom stereocenters. The van der Waals surface area contributed by atoms with Crippen LogP contribution < -0.4 is 15.0 Å². The Morgan fingerprint density at radius 1 is 1.26 bits per heavy atom. The van der Waals surface area contributed by atoms with E-state index in [0.29, 0.717) is 18.5 Å². The van der Waals surface area contributed by atoms with Gasteiger partial charge in [0.15, 0.2) is 11.5 Å². The molecule has 0 saturated carbocycles. The maximum atomic E-state index is 12.6. The Hall–Kier alpha value is -2.97. The molecule has 0 aliphatic heterocycles. The molecule has 146 valence electrons. The van der Waals surface area contributed by atoms with E-state index in [0.717, 1.165) is 0 Å². The standard InChI is InChI=1S/C18H21F2N3O4/c1-4-9-23-16(24)8-6-13(21-23)17(25)22(2)11-12-5-7-14(27-18(19)20)15(10-12)26-3/h5-8,10,18H,4,9,11H2,1-3H3. The van der Waals surface area contributed by atoms with Crippen molar-refractivity contribution in [3.05, 3.63) is 51.9 Å². The number of carbonyl (C=O) groups excluding carboxylic acids is 1. The number of hydrogen-bond donors (Lipinski definition) is 0. The number of nitrogens with zero attached hydrogens (tertiary/aromatic N) is 3. The molecule has 0 bridgehead atoms. The monoisotopic (exact) mass is 381 g/mol. The fourth-order valence-electron chi connectivity index (χ4n) is 2.48. The van der Waals surface area contributed by atoms with E-state index in [-0.39, 0.29) is 35.2 Å². The molecule has 1 aromatic carbocycles. The zero-order chi connectivity index (χ0) is 20.0. The Kier molecular flexibility index (Phi) is 6.86. The van der Waals surface area contributed by atoms with Crippen LogP contribution in [0.2, 0.25) is 0 Å². The summed E-state index contributed by atoms with van der Waals surface area (Å²) in [6.07, 6.45) is 0.715. The quantitative estimate of drug-likeness (QED) is 0.703. The van der Waals surface area contributed by atoms with E-state index in [4.69, 9.17) is 4.74 Å². The number of alkyl halides is 2. The van der Waals surface area contributed by atoms with Gasteiger partial charge in [-0.1, -0.05) is 13.0 Å². The molecule has 0 aliphatic rings. The van der Waals surface area contributed by atoms with Crippen LogP contribution in [0.4, 0.5) is 8.78 Å². The zero-order valence-electron chi connectivity index (χ0n) is 15.3. The molecule has 7 nitrogen and oxygen atoms in total. The zero-order valence-corrected chi connectivity index (χ0v) is 15.3. The first-order valence-electron chi connectivity index (χ1n) is 8.31. The number of halogens is 2. The van der Waals surface area contributed by atoms with Gasteiger partial charge >= 0.3 is 6.61 Å². The summed E-state index contributed by atoms with van der Waals surface area (Å²) in [5.41, 5.74) is 0.539. The predicted molar refractivity (Wildman–Crippen MR) is 94.2 cm³/mol. The first-order valence-corrected chi connectivity index (χ1v) is 8.31. The molecule has 0 radical (unpaired) electrons. The molecule has 0 fully saturated rings. The van der Waals surface area contributed by atoms with Crippen LogP contribution in [0.3, 0.4) is 0 Å². The minimum absolute atomic E-state index is 0.0847. The van der Waals surface area contributed by atoms with Gasteiger partial charge in [-0.25, -0.2) is 4.68 Å². The summed E-state index contributed by atoms with van der Waals surface area (Å²) in [5, 5.41) is 4.09.